The van der Waals surface area contributed by atoms with Gasteiger partial charge in [-0.3, -0.25) is 0 Å². The summed E-state index contributed by atoms with van der Waals surface area (Å²) in [6.45, 7) is 0.338. The minimum absolute atomic E-state index is 0.159. The Hall–Kier alpha value is -2.97. The normalized spacial score (nSPS) is 13.3. The van der Waals surface area contributed by atoms with Crippen LogP contribution in [0.4, 0.5) is 4.79 Å². The lowest BCUT2D eigenvalue weighted by Crippen LogP contribution is -2.29. The van der Waals surface area contributed by atoms with E-state index in [2.05, 4.69) is 15.4 Å². The third-order valence-electron chi connectivity index (χ3n) is 3.91. The molecule has 3 aromatic rings. The molecule has 3 N–H and O–H groups in total. The lowest BCUT2D eigenvalue weighted by Gasteiger charge is -2.17. The van der Waals surface area contributed by atoms with Crippen molar-refractivity contribution in [3.05, 3.63) is 66.1 Å². The van der Waals surface area contributed by atoms with Crippen molar-refractivity contribution in [3.63, 3.8) is 0 Å². The van der Waals surface area contributed by atoms with E-state index < -0.39 is 18.3 Å². The fraction of sp³-hybridized carbons (Fsp3) is 0.278. The number of fused-ring (bicyclic) bond motifs is 1. The monoisotopic (exact) mass is 356 g/mol. The first kappa shape index (κ1) is 17.8. The van der Waals surface area contributed by atoms with Crippen LogP contribution in [-0.2, 0) is 11.3 Å². The molecule has 0 radical (unpaired) electrons. The van der Waals surface area contributed by atoms with Gasteiger partial charge in [0, 0.05) is 24.5 Å². The third-order valence-corrected chi connectivity index (χ3v) is 3.91. The molecule has 0 aliphatic carbocycles. The summed E-state index contributed by atoms with van der Waals surface area (Å²) < 4.78 is 6.60. The molecule has 0 fully saturated rings. The maximum Gasteiger partial charge on any atom is 0.407 e. The van der Waals surface area contributed by atoms with E-state index in [-0.39, 0.29) is 19.6 Å². The van der Waals surface area contributed by atoms with Crippen LogP contribution in [-0.4, -0.2) is 43.6 Å². The minimum atomic E-state index is -1.15. The van der Waals surface area contributed by atoms with Gasteiger partial charge in [-0.05, 0) is 18.1 Å². The second-order valence-corrected chi connectivity index (χ2v) is 5.78. The van der Waals surface area contributed by atoms with Crippen LogP contribution in [0.25, 0.3) is 5.65 Å². The van der Waals surface area contributed by atoms with E-state index in [0.29, 0.717) is 11.2 Å². The quantitative estimate of drug-likeness (QED) is 0.591. The highest BCUT2D eigenvalue weighted by atomic mass is 16.5. The van der Waals surface area contributed by atoms with Crippen LogP contribution in [0.5, 0.6) is 0 Å². The van der Waals surface area contributed by atoms with E-state index in [9.17, 15) is 15.0 Å². The Balaban J connectivity index is 1.44. The van der Waals surface area contributed by atoms with Crippen LogP contribution < -0.4 is 5.32 Å². The average molecular weight is 356 g/mol. The Morgan fingerprint density at radius 3 is 2.85 bits per heavy atom. The smallest absolute Gasteiger partial charge is 0.407 e. The maximum absolute atomic E-state index is 11.7. The summed E-state index contributed by atoms with van der Waals surface area (Å²) in [6, 6.07) is 11.1. The summed E-state index contributed by atoms with van der Waals surface area (Å²) in [6.07, 6.45) is 2.13. The average Bonchev–Trinajstić information content (AvgIpc) is 3.10. The molecular formula is C18H20N4O4. The van der Waals surface area contributed by atoms with Crippen LogP contribution in [0.2, 0.25) is 0 Å². The summed E-state index contributed by atoms with van der Waals surface area (Å²) in [5, 5.41) is 27.1. The number of amides is 1. The molecule has 8 nitrogen and oxygen atoms in total. The highest BCUT2D eigenvalue weighted by Crippen LogP contribution is 2.21. The number of aliphatic hydroxyl groups excluding tert-OH is 2. The van der Waals surface area contributed by atoms with Crippen molar-refractivity contribution in [1.82, 2.24) is 19.9 Å². The van der Waals surface area contributed by atoms with Crippen molar-refractivity contribution in [2.45, 2.75) is 25.2 Å². The number of benzene rings is 1. The number of hydrogen-bond acceptors (Lipinski definition) is 6. The standard InChI is InChI=1S/C18H20N4O4/c23-15(16(24)14-11-21-22-10-4-8-19-17(14)22)7-9-20-18(25)26-12-13-5-2-1-3-6-13/h1-6,8,10-11,15-16,23-24H,7,9,12H2,(H,20,25). The number of aromatic nitrogens is 3. The van der Waals surface area contributed by atoms with Crippen molar-refractivity contribution in [2.75, 3.05) is 6.54 Å². The molecule has 0 saturated carbocycles. The van der Waals surface area contributed by atoms with Gasteiger partial charge in [-0.2, -0.15) is 5.10 Å². The third kappa shape index (κ3) is 4.35. The summed E-state index contributed by atoms with van der Waals surface area (Å²) >= 11 is 0. The van der Waals surface area contributed by atoms with Gasteiger partial charge in [-0.15, -0.1) is 0 Å². The Labute approximate surface area is 150 Å². The van der Waals surface area contributed by atoms with E-state index >= 15 is 0 Å². The largest absolute Gasteiger partial charge is 0.445 e. The van der Waals surface area contributed by atoms with Crippen LogP contribution in [0.3, 0.4) is 0 Å². The van der Waals surface area contributed by atoms with E-state index in [0.717, 1.165) is 5.56 Å². The number of carbonyl (C=O) groups is 1. The number of rotatable bonds is 7. The zero-order chi connectivity index (χ0) is 18.4. The SMILES string of the molecule is O=C(NCCC(O)C(O)c1cnn2cccnc12)OCc1ccccc1. The summed E-state index contributed by atoms with van der Waals surface area (Å²) in [5.41, 5.74) is 1.80. The minimum Gasteiger partial charge on any atom is -0.445 e. The van der Waals surface area contributed by atoms with E-state index in [4.69, 9.17) is 4.74 Å². The van der Waals surface area contributed by atoms with Gasteiger partial charge < -0.3 is 20.3 Å². The zero-order valence-electron chi connectivity index (χ0n) is 14.0. The molecule has 0 aliphatic rings. The molecule has 2 unspecified atom stereocenters. The van der Waals surface area contributed by atoms with Gasteiger partial charge in [-0.25, -0.2) is 14.3 Å². The van der Waals surface area contributed by atoms with E-state index in [1.165, 1.54) is 10.7 Å². The van der Waals surface area contributed by atoms with Crippen molar-refractivity contribution in [2.24, 2.45) is 0 Å². The number of nitrogens with one attached hydrogen (secondary N) is 1. The molecule has 0 spiro atoms. The molecule has 8 heteroatoms. The number of nitrogens with zero attached hydrogens (tertiary/aromatic N) is 3. The molecular weight excluding hydrogens is 336 g/mol. The Morgan fingerprint density at radius 2 is 2.04 bits per heavy atom. The van der Waals surface area contributed by atoms with Crippen molar-refractivity contribution >= 4 is 11.7 Å². The number of ether oxygens (including phenoxy) is 1. The van der Waals surface area contributed by atoms with Crippen LogP contribution >= 0.6 is 0 Å². The van der Waals surface area contributed by atoms with E-state index in [1.54, 1.807) is 18.5 Å². The summed E-state index contributed by atoms with van der Waals surface area (Å²) in [5.74, 6) is 0. The van der Waals surface area contributed by atoms with Crippen LogP contribution in [0, 0.1) is 0 Å². The highest BCUT2D eigenvalue weighted by molar-refractivity contribution is 5.67. The van der Waals surface area contributed by atoms with Gasteiger partial charge in [0.1, 0.15) is 12.7 Å². The number of carbonyl (C=O) groups excluding carboxylic acids is 1. The molecule has 136 valence electrons. The van der Waals surface area contributed by atoms with Gasteiger partial charge in [0.15, 0.2) is 5.65 Å². The van der Waals surface area contributed by atoms with Crippen LogP contribution in [0.1, 0.15) is 23.7 Å². The van der Waals surface area contributed by atoms with Gasteiger partial charge >= 0.3 is 6.09 Å². The predicted molar refractivity (Wildman–Crippen MR) is 93.2 cm³/mol. The first-order chi connectivity index (χ1) is 12.6. The molecule has 26 heavy (non-hydrogen) atoms. The first-order valence-corrected chi connectivity index (χ1v) is 8.24. The van der Waals surface area contributed by atoms with Crippen molar-refractivity contribution in [1.29, 1.82) is 0 Å². The van der Waals surface area contributed by atoms with Gasteiger partial charge in [0.2, 0.25) is 0 Å². The number of aliphatic hydroxyl groups is 2. The van der Waals surface area contributed by atoms with Gasteiger partial charge in [0.05, 0.1) is 12.3 Å². The van der Waals surface area contributed by atoms with Crippen LogP contribution in [0.15, 0.2) is 55.0 Å². The zero-order valence-corrected chi connectivity index (χ0v) is 14.0. The first-order valence-electron chi connectivity index (χ1n) is 8.24. The maximum atomic E-state index is 11.7. The van der Waals surface area contributed by atoms with E-state index in [1.807, 2.05) is 30.3 Å². The fourth-order valence-corrected chi connectivity index (χ4v) is 2.52. The second-order valence-electron chi connectivity index (χ2n) is 5.78. The second kappa shape index (κ2) is 8.41. The van der Waals surface area contributed by atoms with Gasteiger partial charge in [0.25, 0.3) is 0 Å². The summed E-state index contributed by atoms with van der Waals surface area (Å²) in [7, 11) is 0. The number of hydrogen-bond donors (Lipinski definition) is 3. The predicted octanol–water partition coefficient (Wildman–Crippen LogP) is 1.44. The molecule has 0 bridgehead atoms. The Kier molecular flexibility index (Phi) is 5.77. The Morgan fingerprint density at radius 1 is 1.23 bits per heavy atom. The van der Waals surface area contributed by atoms with Crippen molar-refractivity contribution in [3.8, 4) is 0 Å². The molecule has 2 atom stereocenters. The number of alkyl carbamates (subject to hydrolysis) is 1. The fourth-order valence-electron chi connectivity index (χ4n) is 2.52. The summed E-state index contributed by atoms with van der Waals surface area (Å²) in [4.78, 5) is 15.8. The molecule has 0 saturated heterocycles. The lowest BCUT2D eigenvalue weighted by atomic mass is 10.1. The topological polar surface area (TPSA) is 109 Å². The molecule has 1 aromatic carbocycles. The molecule has 1 amide bonds. The van der Waals surface area contributed by atoms with Gasteiger partial charge in [-0.1, -0.05) is 30.3 Å². The molecule has 3 rings (SSSR count). The lowest BCUT2D eigenvalue weighted by molar-refractivity contribution is 0.0143. The van der Waals surface area contributed by atoms with Crippen molar-refractivity contribution < 1.29 is 19.7 Å². The Bertz CT molecular complexity index is 853. The molecule has 0 aliphatic heterocycles. The highest BCUT2D eigenvalue weighted by Gasteiger charge is 2.22. The molecule has 2 heterocycles. The molecule has 2 aromatic heterocycles.